The fourth-order valence-corrected chi connectivity index (χ4v) is 4.39. The third kappa shape index (κ3) is 3.63. The van der Waals surface area contributed by atoms with E-state index in [9.17, 15) is 0 Å². The Balaban J connectivity index is 1.98. The minimum Gasteiger partial charge on any atom is -0.308 e. The summed E-state index contributed by atoms with van der Waals surface area (Å²) in [5.41, 5.74) is 0.345. The van der Waals surface area contributed by atoms with Gasteiger partial charge in [-0.1, -0.05) is 19.8 Å². The van der Waals surface area contributed by atoms with Crippen molar-refractivity contribution in [3.8, 4) is 0 Å². The molecule has 0 radical (unpaired) electrons. The number of rotatable bonds is 5. The fraction of sp³-hybridized carbons (Fsp3) is 0.765. The molecule has 0 aromatic carbocycles. The van der Waals surface area contributed by atoms with Gasteiger partial charge in [0.15, 0.2) is 0 Å². The lowest BCUT2D eigenvalue weighted by molar-refractivity contribution is 0.0729. The van der Waals surface area contributed by atoms with Crippen LogP contribution in [0, 0.1) is 12.8 Å². The topological polar surface area (TPSA) is 15.3 Å². The Morgan fingerprint density at radius 1 is 1.45 bits per heavy atom. The SMILES string of the molecule is Cc1ccc(C(C)NCC2(N(C)C)CCCC(C)C2)s1. The first-order valence-electron chi connectivity index (χ1n) is 7.90. The van der Waals surface area contributed by atoms with Crippen molar-refractivity contribution >= 4 is 11.3 Å². The zero-order chi connectivity index (χ0) is 14.8. The van der Waals surface area contributed by atoms with Crippen LogP contribution in [0.3, 0.4) is 0 Å². The van der Waals surface area contributed by atoms with Crippen LogP contribution in [-0.2, 0) is 0 Å². The molecule has 2 nitrogen and oxygen atoms in total. The molecular weight excluding hydrogens is 264 g/mol. The fourth-order valence-electron chi connectivity index (χ4n) is 3.49. The van der Waals surface area contributed by atoms with Gasteiger partial charge in [-0.3, -0.25) is 0 Å². The van der Waals surface area contributed by atoms with Crippen molar-refractivity contribution in [1.29, 1.82) is 0 Å². The number of nitrogens with zero attached hydrogens (tertiary/aromatic N) is 1. The van der Waals surface area contributed by atoms with Gasteiger partial charge in [-0.05, 0) is 58.8 Å². The second kappa shape index (κ2) is 6.59. The minimum absolute atomic E-state index is 0.345. The summed E-state index contributed by atoms with van der Waals surface area (Å²) in [6.07, 6.45) is 5.42. The summed E-state index contributed by atoms with van der Waals surface area (Å²) in [5.74, 6) is 0.854. The molecule has 1 saturated carbocycles. The van der Waals surface area contributed by atoms with Crippen LogP contribution in [0.5, 0.6) is 0 Å². The van der Waals surface area contributed by atoms with Crippen molar-refractivity contribution in [1.82, 2.24) is 10.2 Å². The van der Waals surface area contributed by atoms with Crippen molar-refractivity contribution in [3.63, 3.8) is 0 Å². The van der Waals surface area contributed by atoms with Gasteiger partial charge in [-0.25, -0.2) is 0 Å². The van der Waals surface area contributed by atoms with Gasteiger partial charge in [0.1, 0.15) is 0 Å². The van der Waals surface area contributed by atoms with E-state index in [1.807, 2.05) is 11.3 Å². The van der Waals surface area contributed by atoms with Gasteiger partial charge >= 0.3 is 0 Å². The second-order valence-corrected chi connectivity index (χ2v) is 8.19. The van der Waals surface area contributed by atoms with E-state index in [2.05, 4.69) is 57.2 Å². The maximum absolute atomic E-state index is 3.79. The second-order valence-electron chi connectivity index (χ2n) is 6.87. The summed E-state index contributed by atoms with van der Waals surface area (Å²) in [6, 6.07) is 4.95. The summed E-state index contributed by atoms with van der Waals surface area (Å²) in [6.45, 7) is 7.98. The molecule has 1 fully saturated rings. The molecule has 3 unspecified atom stereocenters. The number of thiophene rings is 1. The first kappa shape index (κ1) is 16.0. The first-order chi connectivity index (χ1) is 9.43. The van der Waals surface area contributed by atoms with E-state index in [-0.39, 0.29) is 0 Å². The summed E-state index contributed by atoms with van der Waals surface area (Å²) in [4.78, 5) is 5.32. The average Bonchev–Trinajstić information content (AvgIpc) is 2.82. The van der Waals surface area contributed by atoms with Crippen LogP contribution in [0.4, 0.5) is 0 Å². The minimum atomic E-state index is 0.345. The summed E-state index contributed by atoms with van der Waals surface area (Å²) < 4.78 is 0. The molecule has 1 heterocycles. The Labute approximate surface area is 128 Å². The van der Waals surface area contributed by atoms with Gasteiger partial charge in [-0.15, -0.1) is 11.3 Å². The maximum Gasteiger partial charge on any atom is 0.0386 e. The standard InChI is InChI=1S/C17H30N2S/c1-13-7-6-10-17(11-13,19(4)5)12-18-15(3)16-9-8-14(2)20-16/h8-9,13,15,18H,6-7,10-12H2,1-5H3. The van der Waals surface area contributed by atoms with Crippen molar-refractivity contribution < 1.29 is 0 Å². The maximum atomic E-state index is 3.79. The quantitative estimate of drug-likeness (QED) is 0.875. The summed E-state index contributed by atoms with van der Waals surface area (Å²) in [5, 5.41) is 3.79. The molecule has 0 aliphatic heterocycles. The monoisotopic (exact) mass is 294 g/mol. The Morgan fingerprint density at radius 3 is 2.75 bits per heavy atom. The largest absolute Gasteiger partial charge is 0.308 e. The summed E-state index contributed by atoms with van der Waals surface area (Å²) >= 11 is 1.91. The van der Waals surface area contributed by atoms with E-state index in [4.69, 9.17) is 0 Å². The predicted octanol–water partition coefficient (Wildman–Crippen LogP) is 4.22. The van der Waals surface area contributed by atoms with Gasteiger partial charge in [0.25, 0.3) is 0 Å². The third-order valence-corrected chi connectivity index (χ3v) is 6.12. The van der Waals surface area contributed by atoms with Gasteiger partial charge in [0.05, 0.1) is 0 Å². The van der Waals surface area contributed by atoms with Gasteiger partial charge < -0.3 is 10.2 Å². The van der Waals surface area contributed by atoms with E-state index in [0.717, 1.165) is 12.5 Å². The van der Waals surface area contributed by atoms with E-state index in [1.54, 1.807) is 0 Å². The Hall–Kier alpha value is -0.380. The van der Waals surface area contributed by atoms with E-state index < -0.39 is 0 Å². The highest BCUT2D eigenvalue weighted by Crippen LogP contribution is 2.35. The smallest absolute Gasteiger partial charge is 0.0386 e. The zero-order valence-electron chi connectivity index (χ0n) is 13.7. The van der Waals surface area contributed by atoms with Crippen molar-refractivity contribution in [2.45, 2.75) is 58.0 Å². The van der Waals surface area contributed by atoms with Crippen LogP contribution in [0.1, 0.15) is 55.3 Å². The van der Waals surface area contributed by atoms with Crippen molar-refractivity contribution in [2.24, 2.45) is 5.92 Å². The molecule has 1 aliphatic rings. The normalized spacial score (nSPS) is 28.8. The Bertz CT molecular complexity index is 426. The predicted molar refractivity (Wildman–Crippen MR) is 89.5 cm³/mol. The lowest BCUT2D eigenvalue weighted by atomic mass is 9.75. The molecule has 0 bridgehead atoms. The molecule has 3 heteroatoms. The molecule has 114 valence electrons. The average molecular weight is 295 g/mol. The number of nitrogens with one attached hydrogen (secondary N) is 1. The van der Waals surface area contributed by atoms with E-state index in [0.29, 0.717) is 11.6 Å². The van der Waals surface area contributed by atoms with Crippen molar-refractivity contribution in [2.75, 3.05) is 20.6 Å². The molecule has 2 rings (SSSR count). The Morgan fingerprint density at radius 2 is 2.20 bits per heavy atom. The molecule has 0 saturated heterocycles. The lowest BCUT2D eigenvalue weighted by Crippen LogP contribution is -2.54. The van der Waals surface area contributed by atoms with E-state index >= 15 is 0 Å². The molecule has 0 amide bonds. The van der Waals surface area contributed by atoms with Crippen LogP contribution in [0.25, 0.3) is 0 Å². The van der Waals surface area contributed by atoms with Crippen LogP contribution in [0.2, 0.25) is 0 Å². The first-order valence-corrected chi connectivity index (χ1v) is 8.72. The Kier molecular flexibility index (Phi) is 5.27. The number of hydrogen-bond acceptors (Lipinski definition) is 3. The molecule has 1 aromatic heterocycles. The van der Waals surface area contributed by atoms with Crippen LogP contribution in [0.15, 0.2) is 12.1 Å². The van der Waals surface area contributed by atoms with Gasteiger partial charge in [0, 0.05) is 27.9 Å². The number of likely N-dealkylation sites (N-methyl/N-ethyl adjacent to an activating group) is 1. The molecule has 1 aromatic rings. The highest BCUT2D eigenvalue weighted by Gasteiger charge is 2.36. The van der Waals surface area contributed by atoms with Gasteiger partial charge in [0.2, 0.25) is 0 Å². The summed E-state index contributed by atoms with van der Waals surface area (Å²) in [7, 11) is 4.50. The molecule has 20 heavy (non-hydrogen) atoms. The highest BCUT2D eigenvalue weighted by molar-refractivity contribution is 7.12. The number of hydrogen-bond donors (Lipinski definition) is 1. The van der Waals surface area contributed by atoms with Crippen LogP contribution >= 0.6 is 11.3 Å². The zero-order valence-corrected chi connectivity index (χ0v) is 14.5. The van der Waals surface area contributed by atoms with Crippen LogP contribution in [-0.4, -0.2) is 31.1 Å². The number of aryl methyl sites for hydroxylation is 1. The highest BCUT2D eigenvalue weighted by atomic mass is 32.1. The molecule has 1 aliphatic carbocycles. The van der Waals surface area contributed by atoms with E-state index in [1.165, 1.54) is 35.4 Å². The lowest BCUT2D eigenvalue weighted by Gasteiger charge is -2.46. The van der Waals surface area contributed by atoms with Crippen LogP contribution < -0.4 is 5.32 Å². The molecule has 0 spiro atoms. The van der Waals surface area contributed by atoms with Crippen molar-refractivity contribution in [3.05, 3.63) is 21.9 Å². The molecule has 1 N–H and O–H groups in total. The molecule has 3 atom stereocenters. The third-order valence-electron chi connectivity index (χ3n) is 4.94. The molecular formula is C17H30N2S. The van der Waals surface area contributed by atoms with Gasteiger partial charge in [-0.2, -0.15) is 0 Å².